The highest BCUT2D eigenvalue weighted by Crippen LogP contribution is 2.27. The molecule has 4 aromatic rings. The highest BCUT2D eigenvalue weighted by atomic mass is 15.0. The van der Waals surface area contributed by atoms with Gasteiger partial charge < -0.3 is 0 Å². The number of pyridine rings is 2. The van der Waals surface area contributed by atoms with Crippen molar-refractivity contribution < 1.29 is 9.13 Å². The Hall–Kier alpha value is -3.00. The third kappa shape index (κ3) is 2.59. The van der Waals surface area contributed by atoms with Gasteiger partial charge in [-0.2, -0.15) is 9.13 Å². The number of hydrogen-bond acceptors (Lipinski definition) is 0. The average molecular weight is 340 g/mol. The fourth-order valence-electron chi connectivity index (χ4n) is 3.75. The minimum atomic E-state index is 1.21. The van der Waals surface area contributed by atoms with Crippen LogP contribution in [0.15, 0.2) is 72.9 Å². The lowest BCUT2D eigenvalue weighted by atomic mass is 9.99. The first-order valence-electron chi connectivity index (χ1n) is 9.01. The first kappa shape index (κ1) is 16.5. The summed E-state index contributed by atoms with van der Waals surface area (Å²) in [5.41, 5.74) is 7.63. The van der Waals surface area contributed by atoms with Gasteiger partial charge in [-0.25, -0.2) is 0 Å². The van der Waals surface area contributed by atoms with Crippen LogP contribution in [0.4, 0.5) is 0 Å². The molecular formula is C24H24N2+2. The van der Waals surface area contributed by atoms with Gasteiger partial charge in [-0.05, 0) is 48.6 Å². The summed E-state index contributed by atoms with van der Waals surface area (Å²) in [6.45, 7) is 4.38. The molecule has 2 aromatic heterocycles. The number of fused-ring (bicyclic) bond motifs is 1. The molecular weight excluding hydrogens is 316 g/mol. The maximum absolute atomic E-state index is 2.31. The topological polar surface area (TPSA) is 7.76 Å². The van der Waals surface area contributed by atoms with E-state index in [4.69, 9.17) is 0 Å². The zero-order valence-corrected chi connectivity index (χ0v) is 15.8. The predicted molar refractivity (Wildman–Crippen MR) is 107 cm³/mol. The molecule has 0 saturated heterocycles. The van der Waals surface area contributed by atoms with E-state index in [1.54, 1.807) is 0 Å². The van der Waals surface area contributed by atoms with Gasteiger partial charge in [0, 0.05) is 23.8 Å². The number of hydrogen-bond donors (Lipinski definition) is 0. The van der Waals surface area contributed by atoms with Crippen LogP contribution in [0, 0.1) is 13.8 Å². The molecule has 0 radical (unpaired) electrons. The molecule has 0 aliphatic heterocycles. The SMILES string of the molecule is Cc1cccc(-c2cccc(-c3c4ccccc4cc[n+]3C)[n+]2C)c1C. The van der Waals surface area contributed by atoms with Crippen molar-refractivity contribution in [2.24, 2.45) is 14.1 Å². The predicted octanol–water partition coefficient (Wildman–Crippen LogP) is 4.44. The van der Waals surface area contributed by atoms with Crippen LogP contribution < -0.4 is 9.13 Å². The lowest BCUT2D eigenvalue weighted by molar-refractivity contribution is -0.684. The van der Waals surface area contributed by atoms with E-state index >= 15 is 0 Å². The Morgan fingerprint density at radius 3 is 2.27 bits per heavy atom. The average Bonchev–Trinajstić information content (AvgIpc) is 2.65. The number of nitrogens with zero attached hydrogens (tertiary/aromatic N) is 2. The van der Waals surface area contributed by atoms with Gasteiger partial charge in [-0.3, -0.25) is 0 Å². The summed E-state index contributed by atoms with van der Waals surface area (Å²) < 4.78 is 4.52. The number of rotatable bonds is 2. The normalized spacial score (nSPS) is 11.1. The van der Waals surface area contributed by atoms with Crippen LogP contribution in [-0.4, -0.2) is 0 Å². The molecule has 0 aliphatic rings. The van der Waals surface area contributed by atoms with Gasteiger partial charge in [0.1, 0.15) is 14.1 Å². The summed E-state index contributed by atoms with van der Waals surface area (Å²) in [5.74, 6) is 0. The number of aromatic nitrogens is 2. The van der Waals surface area contributed by atoms with Crippen LogP contribution in [0.5, 0.6) is 0 Å². The monoisotopic (exact) mass is 340 g/mol. The fourth-order valence-corrected chi connectivity index (χ4v) is 3.75. The van der Waals surface area contributed by atoms with Crippen molar-refractivity contribution >= 4 is 10.8 Å². The Labute approximate surface area is 155 Å². The zero-order valence-electron chi connectivity index (χ0n) is 15.8. The second kappa shape index (κ2) is 6.38. The van der Waals surface area contributed by atoms with Crippen LogP contribution in [-0.2, 0) is 14.1 Å². The lowest BCUT2D eigenvalue weighted by Crippen LogP contribution is -2.40. The van der Waals surface area contributed by atoms with Gasteiger partial charge in [-0.1, -0.05) is 30.3 Å². The van der Waals surface area contributed by atoms with Gasteiger partial charge in [0.25, 0.3) is 11.4 Å². The van der Waals surface area contributed by atoms with Crippen molar-refractivity contribution in [3.63, 3.8) is 0 Å². The van der Waals surface area contributed by atoms with E-state index in [2.05, 4.69) is 110 Å². The summed E-state index contributed by atoms with van der Waals surface area (Å²) in [5, 5.41) is 2.53. The minimum absolute atomic E-state index is 1.21. The molecule has 0 spiro atoms. The minimum Gasteiger partial charge on any atom is -0.195 e. The van der Waals surface area contributed by atoms with Crippen molar-refractivity contribution in [3.8, 4) is 22.6 Å². The van der Waals surface area contributed by atoms with Crippen molar-refractivity contribution in [1.82, 2.24) is 0 Å². The third-order valence-electron chi connectivity index (χ3n) is 5.40. The van der Waals surface area contributed by atoms with Gasteiger partial charge in [0.05, 0.1) is 5.39 Å². The highest BCUT2D eigenvalue weighted by molar-refractivity contribution is 5.91. The Morgan fingerprint density at radius 2 is 1.42 bits per heavy atom. The van der Waals surface area contributed by atoms with E-state index in [0.717, 1.165) is 0 Å². The molecule has 0 bridgehead atoms. The first-order chi connectivity index (χ1) is 12.6. The van der Waals surface area contributed by atoms with Gasteiger partial charge in [0.15, 0.2) is 6.20 Å². The second-order valence-corrected chi connectivity index (χ2v) is 6.97. The van der Waals surface area contributed by atoms with E-state index in [-0.39, 0.29) is 0 Å². The van der Waals surface area contributed by atoms with Gasteiger partial charge in [-0.15, -0.1) is 0 Å². The molecule has 2 heteroatoms. The van der Waals surface area contributed by atoms with E-state index in [9.17, 15) is 0 Å². The molecule has 0 amide bonds. The van der Waals surface area contributed by atoms with E-state index in [1.165, 1.54) is 44.5 Å². The lowest BCUT2D eigenvalue weighted by Gasteiger charge is -2.09. The summed E-state index contributed by atoms with van der Waals surface area (Å²) in [7, 11) is 4.28. The molecule has 26 heavy (non-hydrogen) atoms. The molecule has 0 unspecified atom stereocenters. The molecule has 0 fully saturated rings. The molecule has 2 nitrogen and oxygen atoms in total. The van der Waals surface area contributed by atoms with Gasteiger partial charge in [0.2, 0.25) is 5.69 Å². The zero-order chi connectivity index (χ0) is 18.3. The van der Waals surface area contributed by atoms with Crippen molar-refractivity contribution in [2.45, 2.75) is 13.8 Å². The molecule has 4 rings (SSSR count). The van der Waals surface area contributed by atoms with Crippen LogP contribution in [0.1, 0.15) is 11.1 Å². The van der Waals surface area contributed by atoms with Crippen molar-refractivity contribution in [1.29, 1.82) is 0 Å². The second-order valence-electron chi connectivity index (χ2n) is 6.97. The molecule has 2 aromatic carbocycles. The van der Waals surface area contributed by atoms with E-state index < -0.39 is 0 Å². The Morgan fingerprint density at radius 1 is 0.692 bits per heavy atom. The molecule has 0 N–H and O–H groups in total. The highest BCUT2D eigenvalue weighted by Gasteiger charge is 2.25. The Bertz CT molecular complexity index is 1130. The van der Waals surface area contributed by atoms with Gasteiger partial charge >= 0.3 is 0 Å². The molecule has 2 heterocycles. The standard InChI is InChI=1S/C24H24N2/c1-17-9-7-12-20(18(17)2)22-13-8-14-23(26(22)4)24-21-11-6-5-10-19(21)15-16-25(24)3/h5-16H,1-4H3/q+2. The smallest absolute Gasteiger partial charge is 0.195 e. The number of aryl methyl sites for hydroxylation is 2. The summed E-state index contributed by atoms with van der Waals surface area (Å²) >= 11 is 0. The molecule has 128 valence electrons. The Balaban J connectivity index is 2.02. The third-order valence-corrected chi connectivity index (χ3v) is 5.40. The quantitative estimate of drug-likeness (QED) is 0.477. The fraction of sp³-hybridized carbons (Fsp3) is 0.167. The molecule has 0 aliphatic carbocycles. The van der Waals surface area contributed by atoms with Crippen LogP contribution in [0.25, 0.3) is 33.4 Å². The van der Waals surface area contributed by atoms with Crippen molar-refractivity contribution in [3.05, 3.63) is 84.1 Å². The van der Waals surface area contributed by atoms with Crippen LogP contribution in [0.2, 0.25) is 0 Å². The first-order valence-corrected chi connectivity index (χ1v) is 9.01. The van der Waals surface area contributed by atoms with Crippen LogP contribution >= 0.6 is 0 Å². The van der Waals surface area contributed by atoms with Crippen LogP contribution in [0.3, 0.4) is 0 Å². The summed E-state index contributed by atoms with van der Waals surface area (Å²) in [4.78, 5) is 0. The van der Waals surface area contributed by atoms with E-state index in [1.807, 2.05) is 0 Å². The van der Waals surface area contributed by atoms with Crippen molar-refractivity contribution in [2.75, 3.05) is 0 Å². The molecule has 0 atom stereocenters. The largest absolute Gasteiger partial charge is 0.285 e. The Kier molecular flexibility index (Phi) is 4.04. The van der Waals surface area contributed by atoms with E-state index in [0.29, 0.717) is 0 Å². The number of benzene rings is 2. The maximum Gasteiger partial charge on any atom is 0.285 e. The molecule has 0 saturated carbocycles. The summed E-state index contributed by atoms with van der Waals surface area (Å²) in [6, 6.07) is 23.9. The summed E-state index contributed by atoms with van der Waals surface area (Å²) in [6.07, 6.45) is 2.14. The maximum atomic E-state index is 2.31.